The second-order valence-corrected chi connectivity index (χ2v) is 8.07. The Labute approximate surface area is 198 Å². The fourth-order valence-corrected chi connectivity index (χ4v) is 3.64. The highest BCUT2D eigenvalue weighted by molar-refractivity contribution is 7.80. The predicted molar refractivity (Wildman–Crippen MR) is 134 cm³/mol. The number of carbonyl (C=O) groups excluding carboxylic acids is 2. The third kappa shape index (κ3) is 5.93. The first kappa shape index (κ1) is 23.9. The zero-order chi connectivity index (χ0) is 24.0. The molecule has 33 heavy (non-hydrogen) atoms. The average Bonchev–Trinajstić information content (AvgIpc) is 2.82. The Morgan fingerprint density at radius 1 is 1.09 bits per heavy atom. The van der Waals surface area contributed by atoms with Gasteiger partial charge >= 0.3 is 6.09 Å². The minimum atomic E-state index is -0.699. The molecule has 170 valence electrons. The number of nitrogens with one attached hydrogen (secondary N) is 3. The van der Waals surface area contributed by atoms with Crippen molar-refractivity contribution in [3.63, 3.8) is 0 Å². The van der Waals surface area contributed by atoms with E-state index in [-0.39, 0.29) is 16.6 Å². The van der Waals surface area contributed by atoms with E-state index in [0.717, 1.165) is 11.3 Å². The molecule has 1 aliphatic rings. The number of carbonyl (C=O) groups is 2. The summed E-state index contributed by atoms with van der Waals surface area (Å²) in [5.74, 6) is -0.148. The molecule has 0 aliphatic heterocycles. The van der Waals surface area contributed by atoms with Crippen molar-refractivity contribution >= 4 is 40.6 Å². The maximum atomic E-state index is 13.3. The molecule has 0 fully saturated rings. The topological polar surface area (TPSA) is 94.5 Å². The van der Waals surface area contributed by atoms with Gasteiger partial charge in [-0.25, -0.2) is 4.79 Å². The Morgan fingerprint density at radius 3 is 2.36 bits per heavy atom. The number of allylic oxidation sites excluding steroid dienone is 2. The first-order chi connectivity index (χ1) is 15.8. The van der Waals surface area contributed by atoms with Gasteiger partial charge in [-0.1, -0.05) is 54.6 Å². The van der Waals surface area contributed by atoms with Crippen LogP contribution < -0.4 is 15.5 Å². The number of anilines is 1. The molecule has 1 unspecified atom stereocenters. The number of ether oxygens (including phenoxy) is 1. The van der Waals surface area contributed by atoms with Crippen molar-refractivity contribution in [3.8, 4) is 0 Å². The van der Waals surface area contributed by atoms with E-state index < -0.39 is 12.1 Å². The van der Waals surface area contributed by atoms with Crippen molar-refractivity contribution < 1.29 is 14.3 Å². The number of Topliss-reactive ketones (excluding diaryl/α,β-unsaturated/α-hetero) is 1. The van der Waals surface area contributed by atoms with Gasteiger partial charge in [-0.3, -0.25) is 10.1 Å². The van der Waals surface area contributed by atoms with Gasteiger partial charge in [0, 0.05) is 37.3 Å². The molecule has 3 rings (SSSR count). The third-order valence-electron chi connectivity index (χ3n) is 5.22. The molecule has 0 heterocycles. The van der Waals surface area contributed by atoms with Crippen molar-refractivity contribution in [2.75, 3.05) is 26.1 Å². The van der Waals surface area contributed by atoms with Gasteiger partial charge in [0.15, 0.2) is 10.9 Å². The lowest BCUT2D eigenvalue weighted by Gasteiger charge is -2.25. The summed E-state index contributed by atoms with van der Waals surface area (Å²) in [4.78, 5) is 26.7. The molecule has 0 spiro atoms. The number of ketones is 1. The molecular formula is C25H26N4O3S. The molecule has 0 bridgehead atoms. The molecule has 8 heteroatoms. The monoisotopic (exact) mass is 462 g/mol. The van der Waals surface area contributed by atoms with Gasteiger partial charge in [0.1, 0.15) is 0 Å². The number of amides is 1. The summed E-state index contributed by atoms with van der Waals surface area (Å²) >= 11 is 5.15. The molecule has 1 aliphatic carbocycles. The van der Waals surface area contributed by atoms with Crippen molar-refractivity contribution in [1.82, 2.24) is 10.6 Å². The van der Waals surface area contributed by atoms with Gasteiger partial charge in [-0.15, -0.1) is 0 Å². The van der Waals surface area contributed by atoms with E-state index in [1.807, 2.05) is 61.5 Å². The third-order valence-corrected chi connectivity index (χ3v) is 5.44. The summed E-state index contributed by atoms with van der Waals surface area (Å²) in [6.45, 7) is 0. The molecule has 0 radical (unpaired) electrons. The lowest BCUT2D eigenvalue weighted by atomic mass is 9.84. The summed E-state index contributed by atoms with van der Waals surface area (Å²) in [6, 6.07) is 16.4. The largest absolute Gasteiger partial charge is 0.453 e. The Kier molecular flexibility index (Phi) is 7.74. The Bertz CT molecular complexity index is 1120. The standard InChI is InChI=1S/C25H26N4O3S/c1-29(2)18-11-9-16(10-12-18)15-20-19(23(30)17-7-5-4-6-8-17)13-14-21(22(20)26)27-24(33)28-25(31)32-3/h4-14,21,26H,15H2,1-3H3,(H2,27,28,31,33). The highest BCUT2D eigenvalue weighted by atomic mass is 32.1. The van der Waals surface area contributed by atoms with Gasteiger partial charge in [-0.2, -0.15) is 0 Å². The molecule has 2 aromatic carbocycles. The first-order valence-corrected chi connectivity index (χ1v) is 10.7. The van der Waals surface area contributed by atoms with Crippen LogP contribution in [0.1, 0.15) is 15.9 Å². The number of thiocarbonyl (C=S) groups is 1. The Balaban J connectivity index is 1.92. The molecule has 2 aromatic rings. The minimum Gasteiger partial charge on any atom is -0.453 e. The van der Waals surface area contributed by atoms with Gasteiger partial charge in [-0.05, 0) is 35.5 Å². The zero-order valence-electron chi connectivity index (χ0n) is 18.7. The number of hydrogen-bond acceptors (Lipinski definition) is 6. The second kappa shape index (κ2) is 10.7. The van der Waals surface area contributed by atoms with Crippen molar-refractivity contribution in [1.29, 1.82) is 5.41 Å². The molecule has 1 atom stereocenters. The number of hydrogen-bond donors (Lipinski definition) is 3. The van der Waals surface area contributed by atoms with E-state index in [9.17, 15) is 9.59 Å². The first-order valence-electron chi connectivity index (χ1n) is 10.3. The maximum absolute atomic E-state index is 13.3. The molecule has 0 saturated heterocycles. The van der Waals surface area contributed by atoms with Crippen LogP contribution in [0.5, 0.6) is 0 Å². The minimum absolute atomic E-state index is 0.0359. The van der Waals surface area contributed by atoms with Crippen LogP contribution in [0.15, 0.2) is 77.9 Å². The lowest BCUT2D eigenvalue weighted by molar-refractivity contribution is 0.103. The van der Waals surface area contributed by atoms with Gasteiger partial charge in [0.25, 0.3) is 0 Å². The molecule has 3 N–H and O–H groups in total. The van der Waals surface area contributed by atoms with Crippen LogP contribution in [0.4, 0.5) is 10.5 Å². The van der Waals surface area contributed by atoms with Gasteiger partial charge in [0.2, 0.25) is 0 Å². The van der Waals surface area contributed by atoms with E-state index in [0.29, 0.717) is 23.1 Å². The fraction of sp³-hybridized carbons (Fsp3) is 0.200. The Hall–Kier alpha value is -3.78. The fourth-order valence-electron chi connectivity index (χ4n) is 3.43. The number of rotatable bonds is 6. The maximum Gasteiger partial charge on any atom is 0.413 e. The number of alkyl carbamates (subject to hydrolysis) is 1. The van der Waals surface area contributed by atoms with E-state index in [1.165, 1.54) is 7.11 Å². The van der Waals surface area contributed by atoms with Crippen LogP contribution in [-0.2, 0) is 11.2 Å². The molecule has 0 saturated carbocycles. The molecular weight excluding hydrogens is 436 g/mol. The summed E-state index contributed by atoms with van der Waals surface area (Å²) in [7, 11) is 5.18. The van der Waals surface area contributed by atoms with Crippen LogP contribution in [0.25, 0.3) is 0 Å². The number of benzene rings is 2. The normalized spacial score (nSPS) is 15.1. The summed E-state index contributed by atoms with van der Waals surface area (Å²) in [6.07, 6.45) is 3.12. The summed E-state index contributed by atoms with van der Waals surface area (Å²) < 4.78 is 4.55. The molecule has 7 nitrogen and oxygen atoms in total. The number of nitrogens with zero attached hydrogens (tertiary/aromatic N) is 1. The zero-order valence-corrected chi connectivity index (χ0v) is 19.5. The van der Waals surface area contributed by atoms with Crippen molar-refractivity contribution in [3.05, 3.63) is 89.0 Å². The van der Waals surface area contributed by atoms with Crippen molar-refractivity contribution in [2.45, 2.75) is 12.5 Å². The van der Waals surface area contributed by atoms with Crippen LogP contribution >= 0.6 is 12.2 Å². The molecule has 0 aromatic heterocycles. The average molecular weight is 463 g/mol. The SMILES string of the molecule is COC(=O)NC(=S)NC1C=CC(C(=O)c2ccccc2)=C(Cc2ccc(N(C)C)cc2)C1=N. The number of methoxy groups -OCH3 is 1. The smallest absolute Gasteiger partial charge is 0.413 e. The molecule has 1 amide bonds. The van der Waals surface area contributed by atoms with Gasteiger partial charge < -0.3 is 20.4 Å². The van der Waals surface area contributed by atoms with E-state index in [2.05, 4.69) is 15.4 Å². The predicted octanol–water partition coefficient (Wildman–Crippen LogP) is 3.66. The highest BCUT2D eigenvalue weighted by Gasteiger charge is 2.27. The lowest BCUT2D eigenvalue weighted by Crippen LogP contribution is -2.48. The Morgan fingerprint density at radius 2 is 1.76 bits per heavy atom. The summed E-state index contributed by atoms with van der Waals surface area (Å²) in [5.41, 5.74) is 3.87. The van der Waals surface area contributed by atoms with Crippen LogP contribution in [0, 0.1) is 5.41 Å². The summed E-state index contributed by atoms with van der Waals surface area (Å²) in [5, 5.41) is 14.2. The van der Waals surface area contributed by atoms with Crippen LogP contribution in [-0.4, -0.2) is 49.9 Å². The quantitative estimate of drug-likeness (QED) is 0.448. The highest BCUT2D eigenvalue weighted by Crippen LogP contribution is 2.25. The van der Waals surface area contributed by atoms with E-state index >= 15 is 0 Å². The van der Waals surface area contributed by atoms with E-state index in [1.54, 1.807) is 24.3 Å². The van der Waals surface area contributed by atoms with Crippen molar-refractivity contribution in [2.24, 2.45) is 0 Å². The van der Waals surface area contributed by atoms with E-state index in [4.69, 9.17) is 17.6 Å². The van der Waals surface area contributed by atoms with Gasteiger partial charge in [0.05, 0.1) is 18.9 Å². The van der Waals surface area contributed by atoms with Crippen LogP contribution in [0.3, 0.4) is 0 Å². The second-order valence-electron chi connectivity index (χ2n) is 7.67. The van der Waals surface area contributed by atoms with Crippen LogP contribution in [0.2, 0.25) is 0 Å².